The van der Waals surface area contributed by atoms with E-state index >= 15 is 0 Å². The highest BCUT2D eigenvalue weighted by Crippen LogP contribution is 2.02. The third kappa shape index (κ3) is 2.01. The highest BCUT2D eigenvalue weighted by Gasteiger charge is 1.90. The maximum atomic E-state index is 4.07. The van der Waals surface area contributed by atoms with Gasteiger partial charge in [0.1, 0.15) is 0 Å². The van der Waals surface area contributed by atoms with Crippen molar-refractivity contribution in [1.82, 2.24) is 0 Å². The third-order valence-corrected chi connectivity index (χ3v) is 1.49. The van der Waals surface area contributed by atoms with Crippen molar-refractivity contribution in [3.8, 4) is 0 Å². The highest BCUT2D eigenvalue weighted by atomic mass is 32.2. The van der Waals surface area contributed by atoms with Crippen molar-refractivity contribution in [1.29, 1.82) is 0 Å². The Morgan fingerprint density at radius 1 is 1.67 bits per heavy atom. The van der Waals surface area contributed by atoms with Crippen LogP contribution in [0.1, 0.15) is 6.42 Å². The van der Waals surface area contributed by atoms with Crippen molar-refractivity contribution in [2.75, 3.05) is 6.26 Å². The van der Waals surface area contributed by atoms with Crippen LogP contribution in [0.2, 0.25) is 0 Å². The molecule has 0 aromatic carbocycles. The normalized spacial score (nSPS) is 17.2. The molecule has 0 fully saturated rings. The number of aliphatic imine (C=N–C) groups is 2. The molecule has 0 atom stereocenters. The van der Waals surface area contributed by atoms with E-state index < -0.39 is 0 Å². The van der Waals surface area contributed by atoms with Gasteiger partial charge in [-0.05, 0) is 6.26 Å². The first kappa shape index (κ1) is 6.55. The Morgan fingerprint density at radius 2 is 2.56 bits per heavy atom. The molecule has 1 rings (SSSR count). The summed E-state index contributed by atoms with van der Waals surface area (Å²) in [5.74, 6) is 0. The van der Waals surface area contributed by atoms with Crippen molar-refractivity contribution >= 4 is 23.1 Å². The average Bonchev–Trinajstić information content (AvgIpc) is 2.13. The number of nitrogens with zero attached hydrogens (tertiary/aromatic N) is 2. The van der Waals surface area contributed by atoms with Crippen molar-refractivity contribution in [3.05, 3.63) is 12.3 Å². The maximum absolute atomic E-state index is 4.07. The van der Waals surface area contributed by atoms with Crippen molar-refractivity contribution in [2.24, 2.45) is 9.98 Å². The summed E-state index contributed by atoms with van der Waals surface area (Å²) in [6, 6.07) is 0. The molecule has 0 bridgehead atoms. The van der Waals surface area contributed by atoms with E-state index in [-0.39, 0.29) is 0 Å². The zero-order chi connectivity index (χ0) is 6.53. The van der Waals surface area contributed by atoms with Crippen LogP contribution in [0.5, 0.6) is 0 Å². The quantitative estimate of drug-likeness (QED) is 0.502. The van der Waals surface area contributed by atoms with E-state index in [1.165, 1.54) is 0 Å². The second-order valence-electron chi connectivity index (χ2n) is 1.55. The molecule has 0 N–H and O–H groups in total. The SMILES string of the molecule is CSC1=NC=CCC=N1. The van der Waals surface area contributed by atoms with Gasteiger partial charge in [-0.3, -0.25) is 0 Å². The molecule has 0 radical (unpaired) electrons. The molecule has 0 amide bonds. The lowest BCUT2D eigenvalue weighted by Crippen LogP contribution is -1.82. The van der Waals surface area contributed by atoms with E-state index in [1.54, 1.807) is 18.0 Å². The molecule has 0 saturated heterocycles. The lowest BCUT2D eigenvalue weighted by molar-refractivity contribution is 1.49. The minimum atomic E-state index is 0.837. The van der Waals surface area contributed by atoms with Crippen LogP contribution in [0.4, 0.5) is 0 Å². The Balaban J connectivity index is 2.67. The summed E-state index contributed by atoms with van der Waals surface area (Å²) in [7, 11) is 0. The summed E-state index contributed by atoms with van der Waals surface area (Å²) in [5.41, 5.74) is 0. The molecule has 1 aliphatic heterocycles. The predicted octanol–water partition coefficient (Wildman–Crippen LogP) is 1.69. The van der Waals surface area contributed by atoms with Crippen LogP contribution >= 0.6 is 11.8 Å². The van der Waals surface area contributed by atoms with Crippen molar-refractivity contribution in [2.45, 2.75) is 6.42 Å². The molecule has 0 aromatic heterocycles. The fourth-order valence-corrected chi connectivity index (χ4v) is 0.854. The minimum Gasteiger partial charge on any atom is -0.235 e. The lowest BCUT2D eigenvalue weighted by Gasteiger charge is -1.87. The van der Waals surface area contributed by atoms with Crippen molar-refractivity contribution in [3.63, 3.8) is 0 Å². The van der Waals surface area contributed by atoms with E-state index in [4.69, 9.17) is 0 Å². The summed E-state index contributed by atoms with van der Waals surface area (Å²) in [5, 5.41) is 0.837. The van der Waals surface area contributed by atoms with E-state index in [0.717, 1.165) is 11.6 Å². The third-order valence-electron chi connectivity index (χ3n) is 0.916. The Morgan fingerprint density at radius 3 is 3.33 bits per heavy atom. The van der Waals surface area contributed by atoms with Gasteiger partial charge in [0, 0.05) is 18.8 Å². The molecule has 0 aliphatic carbocycles. The number of thioether (sulfide) groups is 1. The van der Waals surface area contributed by atoms with Gasteiger partial charge in [0.05, 0.1) is 0 Å². The molecular weight excluding hydrogens is 132 g/mol. The molecule has 0 spiro atoms. The fraction of sp³-hybridized carbons (Fsp3) is 0.333. The van der Waals surface area contributed by atoms with Crippen LogP contribution in [0.3, 0.4) is 0 Å². The zero-order valence-electron chi connectivity index (χ0n) is 5.24. The zero-order valence-corrected chi connectivity index (χ0v) is 6.06. The molecule has 9 heavy (non-hydrogen) atoms. The average molecular weight is 140 g/mol. The molecule has 0 saturated carbocycles. The first-order chi connectivity index (χ1) is 4.43. The maximum Gasteiger partial charge on any atom is 0.186 e. The topological polar surface area (TPSA) is 24.7 Å². The lowest BCUT2D eigenvalue weighted by atomic mass is 10.5. The summed E-state index contributed by atoms with van der Waals surface area (Å²) >= 11 is 1.56. The molecule has 48 valence electrons. The van der Waals surface area contributed by atoms with Gasteiger partial charge >= 0.3 is 0 Å². The monoisotopic (exact) mass is 140 g/mol. The van der Waals surface area contributed by atoms with E-state index in [1.807, 2.05) is 18.5 Å². The minimum absolute atomic E-state index is 0.837. The standard InChI is InChI=1S/C6H8N2S/c1-9-6-7-4-2-3-5-8-6/h2,4-5H,3H2,1H3. The molecular formula is C6H8N2S. The largest absolute Gasteiger partial charge is 0.235 e. The first-order valence-electron chi connectivity index (χ1n) is 2.73. The second-order valence-corrected chi connectivity index (χ2v) is 2.32. The van der Waals surface area contributed by atoms with E-state index in [9.17, 15) is 0 Å². The molecule has 1 aliphatic rings. The number of allylic oxidation sites excluding steroid dienone is 1. The molecule has 3 heteroatoms. The van der Waals surface area contributed by atoms with E-state index in [2.05, 4.69) is 9.98 Å². The van der Waals surface area contributed by atoms with E-state index in [0.29, 0.717) is 0 Å². The number of hydrogen-bond acceptors (Lipinski definition) is 3. The summed E-state index contributed by atoms with van der Waals surface area (Å²) < 4.78 is 0. The van der Waals surface area contributed by atoms with Crippen LogP contribution in [0, 0.1) is 0 Å². The summed E-state index contributed by atoms with van der Waals surface area (Å²) in [4.78, 5) is 8.11. The Labute approximate surface area is 58.8 Å². The predicted molar refractivity (Wildman–Crippen MR) is 43.2 cm³/mol. The van der Waals surface area contributed by atoms with Gasteiger partial charge in [0.15, 0.2) is 5.17 Å². The van der Waals surface area contributed by atoms with Gasteiger partial charge in [-0.1, -0.05) is 17.8 Å². The summed E-state index contributed by atoms with van der Waals surface area (Å²) in [6.45, 7) is 0. The number of rotatable bonds is 0. The van der Waals surface area contributed by atoms with Gasteiger partial charge < -0.3 is 0 Å². The van der Waals surface area contributed by atoms with Gasteiger partial charge in [0.2, 0.25) is 0 Å². The number of amidine groups is 1. The first-order valence-corrected chi connectivity index (χ1v) is 3.95. The smallest absolute Gasteiger partial charge is 0.186 e. The number of hydrogen-bond donors (Lipinski definition) is 0. The fourth-order valence-electron chi connectivity index (χ4n) is 0.508. The molecule has 0 unspecified atom stereocenters. The van der Waals surface area contributed by atoms with Gasteiger partial charge in [-0.15, -0.1) is 0 Å². The Kier molecular flexibility index (Phi) is 2.51. The highest BCUT2D eigenvalue weighted by molar-refractivity contribution is 8.13. The summed E-state index contributed by atoms with van der Waals surface area (Å²) in [6.07, 6.45) is 8.49. The Bertz CT molecular complexity index is 170. The van der Waals surface area contributed by atoms with Crippen LogP contribution in [0.25, 0.3) is 0 Å². The van der Waals surface area contributed by atoms with Crippen molar-refractivity contribution < 1.29 is 0 Å². The molecule has 1 heterocycles. The van der Waals surface area contributed by atoms with Gasteiger partial charge in [-0.2, -0.15) is 0 Å². The molecule has 0 aromatic rings. The molecule has 2 nitrogen and oxygen atoms in total. The Hall–Kier alpha value is -0.570. The second kappa shape index (κ2) is 3.45. The van der Waals surface area contributed by atoms with Gasteiger partial charge in [-0.25, -0.2) is 9.98 Å². The van der Waals surface area contributed by atoms with Gasteiger partial charge in [0.25, 0.3) is 0 Å². The van der Waals surface area contributed by atoms with Crippen LogP contribution < -0.4 is 0 Å². The van der Waals surface area contributed by atoms with Crippen LogP contribution in [0.15, 0.2) is 22.3 Å². The van der Waals surface area contributed by atoms with Crippen LogP contribution in [-0.4, -0.2) is 17.6 Å². The van der Waals surface area contributed by atoms with Crippen LogP contribution in [-0.2, 0) is 0 Å².